The molecule has 2 aromatic carbocycles. The molecule has 0 radical (unpaired) electrons. The molecule has 2 aliphatic rings. The first-order chi connectivity index (χ1) is 17.7. The number of para-hydroxylation sites is 2. The molecule has 36 heavy (non-hydrogen) atoms. The summed E-state index contributed by atoms with van der Waals surface area (Å²) in [5, 5.41) is 13.3. The number of hydrogen-bond donors (Lipinski definition) is 0. The topological polar surface area (TPSA) is 77.8 Å². The summed E-state index contributed by atoms with van der Waals surface area (Å²) in [5.41, 5.74) is 2.15. The number of tetrazole rings is 1. The third-order valence-electron chi connectivity index (χ3n) is 7.52. The highest BCUT2D eigenvalue weighted by Crippen LogP contribution is 2.39. The summed E-state index contributed by atoms with van der Waals surface area (Å²) in [6, 6.07) is 14.4. The lowest BCUT2D eigenvalue weighted by Gasteiger charge is -2.40. The molecule has 0 bridgehead atoms. The number of anilines is 1. The number of rotatable bonds is 8. The van der Waals surface area contributed by atoms with Crippen molar-refractivity contribution in [3.05, 3.63) is 53.9 Å². The minimum absolute atomic E-state index is 0.146. The van der Waals surface area contributed by atoms with Gasteiger partial charge in [0.25, 0.3) is 0 Å². The van der Waals surface area contributed by atoms with Crippen molar-refractivity contribution in [2.75, 3.05) is 52.4 Å². The van der Waals surface area contributed by atoms with Gasteiger partial charge in [0, 0.05) is 31.7 Å². The van der Waals surface area contributed by atoms with Crippen LogP contribution in [0.3, 0.4) is 0 Å². The molecule has 0 N–H and O–H groups in total. The minimum atomic E-state index is -0.146. The monoisotopic (exact) mass is 492 g/mol. The van der Waals surface area contributed by atoms with Crippen LogP contribution >= 0.6 is 0 Å². The van der Waals surface area contributed by atoms with Gasteiger partial charge in [0.05, 0.1) is 33.1 Å². The number of ether oxygens (including phenoxy) is 3. The predicted molar refractivity (Wildman–Crippen MR) is 138 cm³/mol. The average Bonchev–Trinajstić information content (AvgIpc) is 3.43. The second kappa shape index (κ2) is 11.2. The Labute approximate surface area is 212 Å². The molecule has 1 aliphatic carbocycles. The molecule has 2 heterocycles. The van der Waals surface area contributed by atoms with E-state index in [1.54, 1.807) is 21.3 Å². The van der Waals surface area contributed by atoms with Gasteiger partial charge >= 0.3 is 0 Å². The van der Waals surface area contributed by atoms with Crippen molar-refractivity contribution in [3.63, 3.8) is 0 Å². The normalized spacial score (nSPS) is 18.1. The van der Waals surface area contributed by atoms with Crippen LogP contribution in [0.2, 0.25) is 0 Å². The summed E-state index contributed by atoms with van der Waals surface area (Å²) in [6.07, 6.45) is 5.94. The highest BCUT2D eigenvalue weighted by Gasteiger charge is 2.35. The number of nitrogens with zero attached hydrogens (tertiary/aromatic N) is 6. The van der Waals surface area contributed by atoms with Crippen molar-refractivity contribution < 1.29 is 14.2 Å². The second-order valence-electron chi connectivity index (χ2n) is 9.48. The first kappa shape index (κ1) is 24.4. The number of methoxy groups -OCH3 is 3. The molecule has 1 saturated carbocycles. The van der Waals surface area contributed by atoms with Crippen LogP contribution in [-0.2, 0) is 0 Å². The van der Waals surface area contributed by atoms with Crippen LogP contribution in [0.4, 0.5) is 5.69 Å². The Morgan fingerprint density at radius 2 is 1.58 bits per heavy atom. The molecule has 3 aromatic rings. The van der Waals surface area contributed by atoms with E-state index in [1.165, 1.54) is 19.3 Å². The lowest BCUT2D eigenvalue weighted by atomic mass is 9.94. The summed E-state index contributed by atoms with van der Waals surface area (Å²) < 4.78 is 19.1. The molecule has 0 spiro atoms. The maximum absolute atomic E-state index is 5.83. The van der Waals surface area contributed by atoms with Gasteiger partial charge in [0.15, 0.2) is 5.82 Å². The fourth-order valence-electron chi connectivity index (χ4n) is 5.63. The number of aromatic nitrogens is 4. The number of benzene rings is 2. The molecule has 0 amide bonds. The Balaban J connectivity index is 1.49. The predicted octanol–water partition coefficient (Wildman–Crippen LogP) is 4.12. The zero-order valence-corrected chi connectivity index (χ0v) is 21.5. The average molecular weight is 493 g/mol. The van der Waals surface area contributed by atoms with Crippen LogP contribution in [0, 0.1) is 0 Å². The van der Waals surface area contributed by atoms with Gasteiger partial charge in [-0.3, -0.25) is 4.90 Å². The van der Waals surface area contributed by atoms with Gasteiger partial charge in [-0.15, -0.1) is 5.10 Å². The molecule has 192 valence electrons. The fourth-order valence-corrected chi connectivity index (χ4v) is 5.63. The molecule has 1 atom stereocenters. The Morgan fingerprint density at radius 1 is 0.833 bits per heavy atom. The first-order valence-corrected chi connectivity index (χ1v) is 12.8. The van der Waals surface area contributed by atoms with Crippen molar-refractivity contribution in [3.8, 4) is 17.2 Å². The second-order valence-corrected chi connectivity index (χ2v) is 9.48. The molecule has 1 unspecified atom stereocenters. The van der Waals surface area contributed by atoms with Crippen molar-refractivity contribution in [2.24, 2.45) is 0 Å². The molecule has 1 saturated heterocycles. The van der Waals surface area contributed by atoms with E-state index in [-0.39, 0.29) is 6.04 Å². The van der Waals surface area contributed by atoms with Gasteiger partial charge in [-0.25, -0.2) is 4.68 Å². The molecule has 1 aromatic heterocycles. The Morgan fingerprint density at radius 3 is 2.31 bits per heavy atom. The first-order valence-electron chi connectivity index (χ1n) is 12.8. The molecular formula is C27H36N6O3. The van der Waals surface area contributed by atoms with Crippen LogP contribution in [0.25, 0.3) is 0 Å². The zero-order valence-electron chi connectivity index (χ0n) is 21.5. The SMILES string of the molecule is COc1ccc(OC)c(C(c2nnnn2C2CCCCC2)N2CCN(c3ccccc3OC)CC2)c1. The van der Waals surface area contributed by atoms with E-state index >= 15 is 0 Å². The van der Waals surface area contributed by atoms with Gasteiger partial charge in [-0.1, -0.05) is 31.4 Å². The largest absolute Gasteiger partial charge is 0.497 e. The van der Waals surface area contributed by atoms with Crippen molar-refractivity contribution in [2.45, 2.75) is 44.2 Å². The molecule has 1 aliphatic heterocycles. The maximum Gasteiger partial charge on any atom is 0.173 e. The number of hydrogen-bond acceptors (Lipinski definition) is 8. The molecule has 2 fully saturated rings. The van der Waals surface area contributed by atoms with E-state index in [2.05, 4.69) is 48.2 Å². The van der Waals surface area contributed by atoms with E-state index < -0.39 is 0 Å². The maximum atomic E-state index is 5.83. The summed E-state index contributed by atoms with van der Waals surface area (Å²) >= 11 is 0. The van der Waals surface area contributed by atoms with E-state index in [4.69, 9.17) is 14.2 Å². The molecule has 9 nitrogen and oxygen atoms in total. The molecule has 5 rings (SSSR count). The smallest absolute Gasteiger partial charge is 0.173 e. The highest BCUT2D eigenvalue weighted by atomic mass is 16.5. The summed E-state index contributed by atoms with van der Waals surface area (Å²) in [4.78, 5) is 4.85. The van der Waals surface area contributed by atoms with Crippen LogP contribution in [-0.4, -0.2) is 72.6 Å². The van der Waals surface area contributed by atoms with Gasteiger partial charge in [-0.05, 0) is 53.6 Å². The van der Waals surface area contributed by atoms with Crippen molar-refractivity contribution in [1.29, 1.82) is 0 Å². The minimum Gasteiger partial charge on any atom is -0.497 e. The molecule has 9 heteroatoms. The van der Waals surface area contributed by atoms with Crippen LogP contribution in [0.5, 0.6) is 17.2 Å². The Kier molecular flexibility index (Phi) is 7.55. The lowest BCUT2D eigenvalue weighted by Crippen LogP contribution is -2.48. The Bertz CT molecular complexity index is 1140. The van der Waals surface area contributed by atoms with Gasteiger partial charge in [0.1, 0.15) is 23.3 Å². The van der Waals surface area contributed by atoms with Crippen molar-refractivity contribution in [1.82, 2.24) is 25.1 Å². The van der Waals surface area contributed by atoms with Gasteiger partial charge < -0.3 is 19.1 Å². The standard InChI is InChI=1S/C27H36N6O3/c1-34-21-13-14-24(35-2)22(19-21)26(27-28-29-30-33(27)20-9-5-4-6-10-20)32-17-15-31(16-18-32)23-11-7-8-12-25(23)36-3/h7-8,11-14,19-20,26H,4-6,9-10,15-18H2,1-3H3. The van der Waals surface area contributed by atoms with Crippen LogP contribution in [0.1, 0.15) is 55.6 Å². The van der Waals surface area contributed by atoms with Gasteiger partial charge in [0.2, 0.25) is 0 Å². The van der Waals surface area contributed by atoms with E-state index in [1.807, 2.05) is 24.3 Å². The molecular weight excluding hydrogens is 456 g/mol. The quantitative estimate of drug-likeness (QED) is 0.465. The number of piperazine rings is 1. The highest BCUT2D eigenvalue weighted by molar-refractivity contribution is 5.58. The van der Waals surface area contributed by atoms with Gasteiger partial charge in [-0.2, -0.15) is 0 Å². The third-order valence-corrected chi connectivity index (χ3v) is 7.52. The summed E-state index contributed by atoms with van der Waals surface area (Å²) in [5.74, 6) is 3.38. The zero-order chi connectivity index (χ0) is 24.9. The summed E-state index contributed by atoms with van der Waals surface area (Å²) in [7, 11) is 5.13. The van der Waals surface area contributed by atoms with E-state index in [9.17, 15) is 0 Å². The van der Waals surface area contributed by atoms with Crippen molar-refractivity contribution >= 4 is 5.69 Å². The van der Waals surface area contributed by atoms with E-state index in [0.717, 1.165) is 73.3 Å². The van der Waals surface area contributed by atoms with E-state index in [0.29, 0.717) is 6.04 Å². The van der Waals surface area contributed by atoms with Crippen LogP contribution in [0.15, 0.2) is 42.5 Å². The fraction of sp³-hybridized carbons (Fsp3) is 0.519. The van der Waals surface area contributed by atoms with Crippen LogP contribution < -0.4 is 19.1 Å². The summed E-state index contributed by atoms with van der Waals surface area (Å²) in [6.45, 7) is 3.43. The third kappa shape index (κ3) is 4.84. The lowest BCUT2D eigenvalue weighted by molar-refractivity contribution is 0.190. The Hall–Kier alpha value is -3.33.